The van der Waals surface area contributed by atoms with E-state index in [2.05, 4.69) is 5.92 Å². The van der Waals surface area contributed by atoms with Gasteiger partial charge in [-0.1, -0.05) is 36.3 Å². The van der Waals surface area contributed by atoms with Crippen LogP contribution in [-0.2, 0) is 9.53 Å². The summed E-state index contributed by atoms with van der Waals surface area (Å²) in [5.74, 6) is 0.192. The van der Waals surface area contributed by atoms with Crippen molar-refractivity contribution < 1.29 is 22.7 Å². The molecule has 0 heterocycles. The number of carbonyl (C=O) groups excluding carboxylic acids is 1. The van der Waals surface area contributed by atoms with Crippen LogP contribution >= 0.6 is 0 Å². The molecule has 0 bridgehead atoms. The summed E-state index contributed by atoms with van der Waals surface area (Å²) in [6.45, 7) is -0.165. The van der Waals surface area contributed by atoms with E-state index in [0.29, 0.717) is 5.56 Å². The molecule has 3 nitrogen and oxygen atoms in total. The summed E-state index contributed by atoms with van der Waals surface area (Å²) >= 11 is 0. The summed E-state index contributed by atoms with van der Waals surface area (Å²) in [5.41, 5.74) is 0.511. The monoisotopic (exact) mass is 271 g/mol. The van der Waals surface area contributed by atoms with Gasteiger partial charge in [-0.05, 0) is 5.56 Å². The van der Waals surface area contributed by atoms with Gasteiger partial charge in [0, 0.05) is 0 Å². The molecule has 0 fully saturated rings. The van der Waals surface area contributed by atoms with Gasteiger partial charge in [0.25, 0.3) is 0 Å². The van der Waals surface area contributed by atoms with Crippen LogP contribution in [0.5, 0.6) is 0 Å². The molecule has 102 valence electrons. The molecule has 1 aromatic rings. The molecular weight excluding hydrogens is 259 g/mol. The van der Waals surface area contributed by atoms with Gasteiger partial charge in [0.15, 0.2) is 0 Å². The standard InChI is InChI=1S/C13H12F3NO2/c1-2-8-19-9-11(10-6-4-3-5-7-10)17-12(18)13(14,15)16/h1,3-7,11H,8-9H2,(H,17,18)/t11-/m1/s1. The van der Waals surface area contributed by atoms with E-state index in [1.807, 2.05) is 5.32 Å². The van der Waals surface area contributed by atoms with Gasteiger partial charge in [0.05, 0.1) is 12.6 Å². The molecule has 0 radical (unpaired) electrons. The Morgan fingerprint density at radius 3 is 2.53 bits per heavy atom. The molecule has 1 aromatic carbocycles. The Morgan fingerprint density at radius 2 is 2.00 bits per heavy atom. The number of alkyl halides is 3. The molecule has 0 aromatic heterocycles. The maximum atomic E-state index is 12.2. The van der Waals surface area contributed by atoms with E-state index in [1.54, 1.807) is 30.3 Å². The second-order valence-corrected chi connectivity index (χ2v) is 3.65. The Kier molecular flexibility index (Phi) is 5.39. The van der Waals surface area contributed by atoms with Crippen molar-refractivity contribution in [2.75, 3.05) is 13.2 Å². The van der Waals surface area contributed by atoms with Gasteiger partial charge < -0.3 is 10.1 Å². The number of hydrogen-bond donors (Lipinski definition) is 1. The lowest BCUT2D eigenvalue weighted by molar-refractivity contribution is -0.174. The number of halogens is 3. The number of terminal acetylenes is 1. The van der Waals surface area contributed by atoms with E-state index in [-0.39, 0.29) is 13.2 Å². The average Bonchev–Trinajstić information content (AvgIpc) is 2.37. The number of benzene rings is 1. The zero-order valence-electron chi connectivity index (χ0n) is 9.91. The fourth-order valence-electron chi connectivity index (χ4n) is 1.38. The van der Waals surface area contributed by atoms with Crippen LogP contribution in [0, 0.1) is 12.3 Å². The minimum atomic E-state index is -4.93. The first-order valence-electron chi connectivity index (χ1n) is 5.39. The largest absolute Gasteiger partial charge is 0.471 e. The smallest absolute Gasteiger partial charge is 0.366 e. The lowest BCUT2D eigenvalue weighted by Gasteiger charge is -2.19. The van der Waals surface area contributed by atoms with E-state index >= 15 is 0 Å². The average molecular weight is 271 g/mol. The fraction of sp³-hybridized carbons (Fsp3) is 0.308. The van der Waals surface area contributed by atoms with Crippen LogP contribution in [0.4, 0.5) is 13.2 Å². The van der Waals surface area contributed by atoms with Crippen molar-refractivity contribution in [1.29, 1.82) is 0 Å². The molecule has 6 heteroatoms. The van der Waals surface area contributed by atoms with E-state index in [0.717, 1.165) is 0 Å². The van der Waals surface area contributed by atoms with Gasteiger partial charge in [-0.25, -0.2) is 0 Å². The van der Waals surface area contributed by atoms with E-state index in [4.69, 9.17) is 11.2 Å². The summed E-state index contributed by atoms with van der Waals surface area (Å²) in [6, 6.07) is 7.32. The number of hydrogen-bond acceptors (Lipinski definition) is 2. The Balaban J connectivity index is 2.76. The van der Waals surface area contributed by atoms with Gasteiger partial charge in [0.2, 0.25) is 0 Å². The van der Waals surface area contributed by atoms with Crippen LogP contribution in [0.15, 0.2) is 30.3 Å². The summed E-state index contributed by atoms with van der Waals surface area (Å²) in [6.07, 6.45) is 0.0502. The SMILES string of the molecule is C#CCOC[C@@H](NC(=O)C(F)(F)F)c1ccccc1. The summed E-state index contributed by atoms with van der Waals surface area (Å²) in [5, 5.41) is 1.87. The molecule has 1 rings (SSSR count). The molecular formula is C13H12F3NO2. The molecule has 0 aliphatic rings. The van der Waals surface area contributed by atoms with Gasteiger partial charge in [-0.3, -0.25) is 4.79 Å². The molecule has 1 atom stereocenters. The molecule has 1 N–H and O–H groups in total. The Morgan fingerprint density at radius 1 is 1.37 bits per heavy atom. The second-order valence-electron chi connectivity index (χ2n) is 3.65. The molecule has 0 saturated carbocycles. The minimum absolute atomic E-state index is 0.0365. The highest BCUT2D eigenvalue weighted by atomic mass is 19.4. The highest BCUT2D eigenvalue weighted by Gasteiger charge is 2.39. The van der Waals surface area contributed by atoms with Gasteiger partial charge in [-0.15, -0.1) is 6.42 Å². The molecule has 0 aliphatic heterocycles. The van der Waals surface area contributed by atoms with Gasteiger partial charge >= 0.3 is 12.1 Å². The molecule has 1 amide bonds. The minimum Gasteiger partial charge on any atom is -0.366 e. The summed E-state index contributed by atoms with van der Waals surface area (Å²) in [4.78, 5) is 10.9. The van der Waals surface area contributed by atoms with Gasteiger partial charge in [-0.2, -0.15) is 13.2 Å². The predicted octanol–water partition coefficient (Wildman–Crippen LogP) is 2.06. The van der Waals surface area contributed by atoms with Crippen LogP contribution in [0.3, 0.4) is 0 Å². The van der Waals surface area contributed by atoms with E-state index < -0.39 is 18.1 Å². The van der Waals surface area contributed by atoms with Crippen molar-refractivity contribution in [3.63, 3.8) is 0 Å². The van der Waals surface area contributed by atoms with Crippen molar-refractivity contribution in [2.45, 2.75) is 12.2 Å². The first kappa shape index (κ1) is 15.1. The predicted molar refractivity (Wildman–Crippen MR) is 63.0 cm³/mol. The third-order valence-corrected chi connectivity index (χ3v) is 2.23. The van der Waals surface area contributed by atoms with E-state index in [9.17, 15) is 18.0 Å². The molecule has 0 aliphatic carbocycles. The van der Waals surface area contributed by atoms with Gasteiger partial charge in [0.1, 0.15) is 6.61 Å². The maximum Gasteiger partial charge on any atom is 0.471 e. The highest BCUT2D eigenvalue weighted by Crippen LogP contribution is 2.19. The summed E-state index contributed by atoms with van der Waals surface area (Å²) in [7, 11) is 0. The molecule has 0 unspecified atom stereocenters. The Hall–Kier alpha value is -2.00. The van der Waals surface area contributed by atoms with Crippen LogP contribution in [0.1, 0.15) is 11.6 Å². The zero-order chi connectivity index (χ0) is 14.3. The zero-order valence-corrected chi connectivity index (χ0v) is 9.91. The third kappa shape index (κ3) is 5.02. The highest BCUT2D eigenvalue weighted by molar-refractivity contribution is 5.82. The number of nitrogens with one attached hydrogen (secondary N) is 1. The number of ether oxygens (including phenoxy) is 1. The Labute approximate surface area is 108 Å². The van der Waals surface area contributed by atoms with Crippen molar-refractivity contribution in [2.24, 2.45) is 0 Å². The Bertz CT molecular complexity index is 451. The molecule has 0 saturated heterocycles. The van der Waals surface area contributed by atoms with Crippen LogP contribution in [-0.4, -0.2) is 25.3 Å². The fourth-order valence-corrected chi connectivity index (χ4v) is 1.38. The van der Waals surface area contributed by atoms with Crippen LogP contribution in [0.25, 0.3) is 0 Å². The van der Waals surface area contributed by atoms with Crippen LogP contribution in [0.2, 0.25) is 0 Å². The quantitative estimate of drug-likeness (QED) is 0.657. The lowest BCUT2D eigenvalue weighted by atomic mass is 10.1. The third-order valence-electron chi connectivity index (χ3n) is 2.23. The summed E-state index contributed by atoms with van der Waals surface area (Å²) < 4.78 is 41.7. The normalized spacial score (nSPS) is 12.5. The first-order valence-corrected chi connectivity index (χ1v) is 5.39. The molecule has 19 heavy (non-hydrogen) atoms. The van der Waals surface area contributed by atoms with Crippen molar-refractivity contribution in [1.82, 2.24) is 5.32 Å². The topological polar surface area (TPSA) is 38.3 Å². The van der Waals surface area contributed by atoms with E-state index in [1.165, 1.54) is 0 Å². The lowest BCUT2D eigenvalue weighted by Crippen LogP contribution is -2.40. The van der Waals surface area contributed by atoms with Crippen molar-refractivity contribution in [3.05, 3.63) is 35.9 Å². The number of amides is 1. The maximum absolute atomic E-state index is 12.2. The first-order chi connectivity index (χ1) is 8.95. The number of carbonyl (C=O) groups is 1. The number of rotatable bonds is 5. The van der Waals surface area contributed by atoms with Crippen molar-refractivity contribution in [3.8, 4) is 12.3 Å². The second kappa shape index (κ2) is 6.81. The van der Waals surface area contributed by atoms with Crippen LogP contribution < -0.4 is 5.32 Å². The molecule has 0 spiro atoms. The van der Waals surface area contributed by atoms with Crippen molar-refractivity contribution >= 4 is 5.91 Å².